The van der Waals surface area contributed by atoms with E-state index in [4.69, 9.17) is 23.4 Å². The SMILES string of the molecule is COc1ccc(OC)c(C=Cc2ccc(N3C(=O)[C@H]4[C@H](CC=C5[C@H]4C[C@H]4C(=O)N(c6ccc(C=Cc7cc(OC)ccc7OC)cc6)C(=O)[C@H]4[C@H]5c4ccc(CO)o4)C3=O)cc2)c1. The number of furan rings is 1. The van der Waals surface area contributed by atoms with Gasteiger partial charge in [-0.2, -0.15) is 0 Å². The number of hydrogen-bond acceptors (Lipinski definition) is 10. The van der Waals surface area contributed by atoms with E-state index in [9.17, 15) is 24.3 Å². The lowest BCUT2D eigenvalue weighted by Crippen LogP contribution is -2.43. The Kier molecular flexibility index (Phi) is 11.1. The average molecular weight is 847 g/mol. The Morgan fingerprint density at radius 2 is 1.11 bits per heavy atom. The zero-order valence-electron chi connectivity index (χ0n) is 35.2. The molecule has 320 valence electrons. The molecule has 0 bridgehead atoms. The molecule has 12 heteroatoms. The topological polar surface area (TPSA) is 145 Å². The quantitative estimate of drug-likeness (QED) is 0.0742. The number of hydrogen-bond donors (Lipinski definition) is 1. The van der Waals surface area contributed by atoms with Gasteiger partial charge in [0.05, 0.1) is 69.4 Å². The van der Waals surface area contributed by atoms with Crippen LogP contribution in [0.15, 0.2) is 113 Å². The number of ether oxygens (including phenoxy) is 4. The average Bonchev–Trinajstić information content (AvgIpc) is 3.98. The largest absolute Gasteiger partial charge is 0.497 e. The molecule has 63 heavy (non-hydrogen) atoms. The summed E-state index contributed by atoms with van der Waals surface area (Å²) in [6.07, 6.45) is 10.1. The zero-order chi connectivity index (χ0) is 43.9. The van der Waals surface area contributed by atoms with Crippen molar-refractivity contribution in [1.82, 2.24) is 0 Å². The van der Waals surface area contributed by atoms with Gasteiger partial charge in [-0.15, -0.1) is 0 Å². The van der Waals surface area contributed by atoms with Crippen molar-refractivity contribution in [3.63, 3.8) is 0 Å². The highest BCUT2D eigenvalue weighted by Gasteiger charge is 2.63. The van der Waals surface area contributed by atoms with Crippen molar-refractivity contribution >= 4 is 59.3 Å². The molecule has 4 aromatic carbocycles. The second-order valence-corrected chi connectivity index (χ2v) is 16.1. The number of benzene rings is 4. The summed E-state index contributed by atoms with van der Waals surface area (Å²) in [6.45, 7) is -0.343. The van der Waals surface area contributed by atoms with Crippen molar-refractivity contribution < 1.29 is 47.6 Å². The molecule has 3 fully saturated rings. The van der Waals surface area contributed by atoms with Gasteiger partial charge in [-0.25, -0.2) is 0 Å². The van der Waals surface area contributed by atoms with Gasteiger partial charge in [0.15, 0.2) is 0 Å². The summed E-state index contributed by atoms with van der Waals surface area (Å²) in [7, 11) is 6.41. The smallest absolute Gasteiger partial charge is 0.238 e. The predicted molar refractivity (Wildman–Crippen MR) is 237 cm³/mol. The highest BCUT2D eigenvalue weighted by atomic mass is 16.5. The number of rotatable bonds is 12. The Morgan fingerprint density at radius 1 is 0.587 bits per heavy atom. The molecule has 4 amide bonds. The Labute approximate surface area is 364 Å². The van der Waals surface area contributed by atoms with Gasteiger partial charge in [-0.1, -0.05) is 60.2 Å². The number of anilines is 2. The van der Waals surface area contributed by atoms with Gasteiger partial charge in [-0.05, 0) is 103 Å². The molecule has 9 rings (SSSR count). The number of methoxy groups -OCH3 is 4. The van der Waals surface area contributed by atoms with Crippen molar-refractivity contribution in [1.29, 1.82) is 0 Å². The van der Waals surface area contributed by atoms with E-state index < -0.39 is 35.5 Å². The zero-order valence-corrected chi connectivity index (χ0v) is 35.2. The maximum absolute atomic E-state index is 14.6. The first-order valence-corrected chi connectivity index (χ1v) is 20.8. The summed E-state index contributed by atoms with van der Waals surface area (Å²) in [5.41, 5.74) is 5.03. The van der Waals surface area contributed by atoms with E-state index in [2.05, 4.69) is 0 Å². The lowest BCUT2D eigenvalue weighted by Gasteiger charge is -2.43. The summed E-state index contributed by atoms with van der Waals surface area (Å²) >= 11 is 0. The van der Waals surface area contributed by atoms with Gasteiger partial charge in [0.1, 0.15) is 41.1 Å². The van der Waals surface area contributed by atoms with Crippen molar-refractivity contribution in [2.24, 2.45) is 29.6 Å². The van der Waals surface area contributed by atoms with E-state index in [0.29, 0.717) is 52.3 Å². The molecule has 12 nitrogen and oxygen atoms in total. The van der Waals surface area contributed by atoms with Gasteiger partial charge in [0.25, 0.3) is 0 Å². The lowest BCUT2D eigenvalue weighted by atomic mass is 9.58. The molecule has 2 aliphatic carbocycles. The fourth-order valence-corrected chi connectivity index (χ4v) is 9.84. The normalized spacial score (nSPS) is 23.0. The number of allylic oxidation sites excluding steroid dienone is 2. The molecule has 6 atom stereocenters. The van der Waals surface area contributed by atoms with Gasteiger partial charge < -0.3 is 28.5 Å². The van der Waals surface area contributed by atoms with Gasteiger partial charge >= 0.3 is 0 Å². The Balaban J connectivity index is 0.987. The highest BCUT2D eigenvalue weighted by molar-refractivity contribution is 6.24. The van der Waals surface area contributed by atoms with E-state index in [1.54, 1.807) is 64.8 Å². The number of amides is 4. The van der Waals surface area contributed by atoms with E-state index in [0.717, 1.165) is 27.8 Å². The minimum Gasteiger partial charge on any atom is -0.497 e. The number of carbonyl (C=O) groups excluding carboxylic acids is 4. The van der Waals surface area contributed by atoms with E-state index >= 15 is 0 Å². The summed E-state index contributed by atoms with van der Waals surface area (Å²) < 4.78 is 27.9. The molecular weight excluding hydrogens is 801 g/mol. The molecule has 1 aromatic heterocycles. The fraction of sp³-hybridized carbons (Fsp3) is 0.255. The molecular formula is C51H46N2O10. The molecule has 3 heterocycles. The fourth-order valence-electron chi connectivity index (χ4n) is 9.84. The molecule has 1 saturated carbocycles. The maximum Gasteiger partial charge on any atom is 0.238 e. The first-order chi connectivity index (χ1) is 30.7. The van der Waals surface area contributed by atoms with Crippen LogP contribution in [0.1, 0.15) is 52.5 Å². The molecule has 0 radical (unpaired) electrons. The Bertz CT molecular complexity index is 2690. The third-order valence-corrected chi connectivity index (χ3v) is 12.9. The van der Waals surface area contributed by atoms with Gasteiger partial charge in [0, 0.05) is 11.1 Å². The number of imide groups is 2. The van der Waals surface area contributed by atoms with Crippen molar-refractivity contribution in [3.8, 4) is 23.0 Å². The standard InChI is InChI=1S/C51H46N2O10/c1-59-35-17-22-42(61-3)31(25-35)11-5-29-7-13-33(14-8-29)52-48(55)39-21-20-38-40(45(39)50(52)57)27-41-47(46(38)44-24-19-37(28-54)63-44)51(58)53(49(41)56)34-15-9-30(10-16-34)6-12-32-26-36(60-2)18-23-43(32)62-4/h5-20,22-26,39-41,45-47,54H,21,27-28H2,1-4H3/t39-,40+,41+,45-,46+,47+/m0/s1. The number of fused-ring (bicyclic) bond motifs is 4. The number of aliphatic hydroxyl groups excluding tert-OH is 1. The highest BCUT2D eigenvalue weighted by Crippen LogP contribution is 2.58. The van der Waals surface area contributed by atoms with E-state index in [1.807, 2.05) is 91.0 Å². The van der Waals surface area contributed by atoms with Crippen LogP contribution >= 0.6 is 0 Å². The first kappa shape index (κ1) is 41.2. The van der Waals surface area contributed by atoms with Crippen LogP contribution in [0.25, 0.3) is 24.3 Å². The summed E-state index contributed by atoms with van der Waals surface area (Å²) in [6, 6.07) is 28.8. The van der Waals surface area contributed by atoms with Gasteiger partial charge in [-0.3, -0.25) is 29.0 Å². The molecule has 2 saturated heterocycles. The van der Waals surface area contributed by atoms with Crippen LogP contribution in [0.5, 0.6) is 23.0 Å². The van der Waals surface area contributed by atoms with Crippen molar-refractivity contribution in [2.45, 2.75) is 25.4 Å². The van der Waals surface area contributed by atoms with E-state index in [1.165, 1.54) is 9.80 Å². The predicted octanol–water partition coefficient (Wildman–Crippen LogP) is 8.19. The minimum absolute atomic E-state index is 0.219. The monoisotopic (exact) mass is 846 g/mol. The minimum atomic E-state index is -0.810. The third kappa shape index (κ3) is 7.29. The van der Waals surface area contributed by atoms with E-state index in [-0.39, 0.29) is 36.7 Å². The Hall–Kier alpha value is -7.18. The van der Waals surface area contributed by atoms with Crippen LogP contribution in [0.2, 0.25) is 0 Å². The van der Waals surface area contributed by atoms with Crippen LogP contribution in [0.3, 0.4) is 0 Å². The molecule has 4 aliphatic rings. The maximum atomic E-state index is 14.6. The number of nitrogens with zero attached hydrogens (tertiary/aromatic N) is 2. The van der Waals surface area contributed by atoms with Crippen LogP contribution in [-0.2, 0) is 25.8 Å². The van der Waals surface area contributed by atoms with Crippen LogP contribution < -0.4 is 28.7 Å². The number of carbonyl (C=O) groups is 4. The molecule has 5 aromatic rings. The third-order valence-electron chi connectivity index (χ3n) is 12.9. The molecule has 1 N–H and O–H groups in total. The first-order valence-electron chi connectivity index (χ1n) is 20.8. The van der Waals surface area contributed by atoms with Crippen LogP contribution in [-0.4, -0.2) is 57.2 Å². The van der Waals surface area contributed by atoms with Gasteiger partial charge in [0.2, 0.25) is 23.6 Å². The van der Waals surface area contributed by atoms with Crippen LogP contribution in [0.4, 0.5) is 11.4 Å². The van der Waals surface area contributed by atoms with Crippen molar-refractivity contribution in [3.05, 3.63) is 142 Å². The lowest BCUT2D eigenvalue weighted by molar-refractivity contribution is -0.126. The Morgan fingerprint density at radius 3 is 1.60 bits per heavy atom. The molecule has 2 aliphatic heterocycles. The van der Waals surface area contributed by atoms with Crippen LogP contribution in [0, 0.1) is 29.6 Å². The van der Waals surface area contributed by atoms with Crippen molar-refractivity contribution in [2.75, 3.05) is 38.2 Å². The number of aliphatic hydroxyl groups is 1. The second kappa shape index (κ2) is 16.9. The summed E-state index contributed by atoms with van der Waals surface area (Å²) in [5, 5.41) is 9.94. The summed E-state index contributed by atoms with van der Waals surface area (Å²) in [4.78, 5) is 60.5. The summed E-state index contributed by atoms with van der Waals surface area (Å²) in [5.74, 6) is -1.99. The molecule has 0 spiro atoms. The molecule has 0 unspecified atom stereocenters. The second-order valence-electron chi connectivity index (χ2n) is 16.1.